The van der Waals surface area contributed by atoms with Crippen LogP contribution in [0.25, 0.3) is 0 Å². The summed E-state index contributed by atoms with van der Waals surface area (Å²) in [6, 6.07) is 0. The summed E-state index contributed by atoms with van der Waals surface area (Å²) in [5.41, 5.74) is 1.19. The number of piperidine rings is 1. The van der Waals surface area contributed by atoms with Gasteiger partial charge in [-0.2, -0.15) is 5.10 Å². The lowest BCUT2D eigenvalue weighted by molar-refractivity contribution is -0.134. The van der Waals surface area contributed by atoms with Crippen LogP contribution in [0, 0.1) is 12.8 Å². The quantitative estimate of drug-likeness (QED) is 0.841. The number of amides is 1. The molecule has 2 aliphatic rings. The molecule has 2 aromatic heterocycles. The van der Waals surface area contributed by atoms with Crippen LogP contribution in [0.4, 0.5) is 0 Å². The van der Waals surface area contributed by atoms with Gasteiger partial charge in [0, 0.05) is 32.4 Å². The zero-order valence-corrected chi connectivity index (χ0v) is 14.7. The highest BCUT2D eigenvalue weighted by molar-refractivity contribution is 5.83. The van der Waals surface area contributed by atoms with Gasteiger partial charge in [0.15, 0.2) is 5.82 Å². The van der Waals surface area contributed by atoms with Gasteiger partial charge in [0.2, 0.25) is 5.91 Å². The van der Waals surface area contributed by atoms with Crippen molar-refractivity contribution >= 4 is 5.91 Å². The second kappa shape index (κ2) is 6.93. The lowest BCUT2D eigenvalue weighted by Gasteiger charge is -2.33. The molecular weight excluding hydrogens is 318 g/mol. The summed E-state index contributed by atoms with van der Waals surface area (Å²) in [5.74, 6) is 1.36. The first-order valence-electron chi connectivity index (χ1n) is 9.24. The minimum Gasteiger partial charge on any atom is -0.342 e. The van der Waals surface area contributed by atoms with Crippen LogP contribution in [0.1, 0.15) is 49.4 Å². The van der Waals surface area contributed by atoms with Gasteiger partial charge in [0.1, 0.15) is 0 Å². The average molecular weight is 343 g/mol. The minimum absolute atomic E-state index is 0.178. The Morgan fingerprint density at radius 1 is 1.20 bits per heavy atom. The lowest BCUT2D eigenvalue weighted by atomic mass is 9.94. The molecule has 2 aliphatic heterocycles. The van der Waals surface area contributed by atoms with Gasteiger partial charge in [0.05, 0.1) is 12.1 Å². The van der Waals surface area contributed by atoms with Gasteiger partial charge >= 0.3 is 0 Å². The Balaban J connectivity index is 1.37. The molecule has 1 amide bonds. The third kappa shape index (κ3) is 3.43. The molecule has 0 spiro atoms. The summed E-state index contributed by atoms with van der Waals surface area (Å²) >= 11 is 0. The van der Waals surface area contributed by atoms with Crippen LogP contribution in [-0.4, -0.2) is 53.9 Å². The highest BCUT2D eigenvalue weighted by atomic mass is 16.2. The van der Waals surface area contributed by atoms with E-state index in [0.29, 0.717) is 5.92 Å². The van der Waals surface area contributed by atoms with Crippen molar-refractivity contribution in [2.75, 3.05) is 13.1 Å². The third-order valence-electron chi connectivity index (χ3n) is 5.42. The molecule has 2 aromatic rings. The predicted octanol–water partition coefficient (Wildman–Crippen LogP) is 1.38. The summed E-state index contributed by atoms with van der Waals surface area (Å²) in [5, 5.41) is 16.3. The zero-order chi connectivity index (χ0) is 17.2. The number of hydrogen-bond acceptors (Lipinski definition) is 5. The van der Waals surface area contributed by atoms with Crippen LogP contribution in [0.3, 0.4) is 0 Å². The molecule has 134 valence electrons. The van der Waals surface area contributed by atoms with Crippen molar-refractivity contribution < 1.29 is 4.79 Å². The largest absolute Gasteiger partial charge is 0.342 e. The highest BCUT2D eigenvalue weighted by Crippen LogP contribution is 2.28. The van der Waals surface area contributed by atoms with E-state index in [9.17, 15) is 4.79 Å². The lowest BCUT2D eigenvalue weighted by Crippen LogP contribution is -2.42. The molecule has 1 atom stereocenters. The first-order valence-corrected chi connectivity index (χ1v) is 9.24. The molecule has 0 N–H and O–H groups in total. The molecule has 4 heterocycles. The van der Waals surface area contributed by atoms with Gasteiger partial charge in [-0.1, -0.05) is 6.42 Å². The number of nitrogens with zero attached hydrogens (tertiary/aromatic N) is 7. The van der Waals surface area contributed by atoms with Gasteiger partial charge in [-0.05, 0) is 54.5 Å². The molecular formula is C17H25N7O. The first-order chi connectivity index (χ1) is 12.2. The van der Waals surface area contributed by atoms with Gasteiger partial charge in [-0.3, -0.25) is 9.48 Å². The molecule has 0 radical (unpaired) electrons. The Hall–Kier alpha value is -2.25. The Morgan fingerprint density at radius 3 is 2.80 bits per heavy atom. The summed E-state index contributed by atoms with van der Waals surface area (Å²) < 4.78 is 3.83. The van der Waals surface area contributed by atoms with Crippen LogP contribution < -0.4 is 0 Å². The van der Waals surface area contributed by atoms with Gasteiger partial charge in [-0.15, -0.1) is 5.10 Å². The number of carbonyl (C=O) groups excluding carboxylic acids is 1. The van der Waals surface area contributed by atoms with Crippen molar-refractivity contribution in [3.05, 3.63) is 23.8 Å². The first kappa shape index (κ1) is 16.2. The van der Waals surface area contributed by atoms with E-state index < -0.39 is 0 Å². The molecule has 25 heavy (non-hydrogen) atoms. The fourth-order valence-electron chi connectivity index (χ4n) is 3.98. The van der Waals surface area contributed by atoms with E-state index in [0.717, 1.165) is 64.1 Å². The number of fused-ring (bicyclic) bond motifs is 1. The Bertz CT molecular complexity index is 729. The number of rotatable bonds is 3. The van der Waals surface area contributed by atoms with Crippen molar-refractivity contribution in [2.24, 2.45) is 5.92 Å². The molecule has 1 unspecified atom stereocenters. The predicted molar refractivity (Wildman–Crippen MR) is 90.7 cm³/mol. The van der Waals surface area contributed by atoms with Crippen LogP contribution in [0.5, 0.6) is 0 Å². The van der Waals surface area contributed by atoms with Gasteiger partial charge in [-0.25, -0.2) is 4.68 Å². The molecule has 0 bridgehead atoms. The molecule has 4 rings (SSSR count). The normalized spacial score (nSPS) is 21.8. The van der Waals surface area contributed by atoms with Crippen molar-refractivity contribution in [3.8, 4) is 0 Å². The van der Waals surface area contributed by atoms with E-state index in [4.69, 9.17) is 0 Å². The summed E-state index contributed by atoms with van der Waals surface area (Å²) in [6.07, 6.45) is 8.97. The molecule has 8 nitrogen and oxygen atoms in total. The monoisotopic (exact) mass is 343 g/mol. The average Bonchev–Trinajstić information content (AvgIpc) is 3.19. The number of tetrazole rings is 1. The SMILES string of the molecule is Cc1cnn(CC2CCN(C(=O)C3CCCCn4nnnc43)CC2)c1. The van der Waals surface area contributed by atoms with Crippen LogP contribution in [0.15, 0.2) is 12.4 Å². The fourth-order valence-corrected chi connectivity index (χ4v) is 3.98. The van der Waals surface area contributed by atoms with Crippen molar-refractivity contribution in [3.63, 3.8) is 0 Å². The van der Waals surface area contributed by atoms with Gasteiger partial charge in [0.25, 0.3) is 0 Å². The third-order valence-corrected chi connectivity index (χ3v) is 5.42. The summed E-state index contributed by atoms with van der Waals surface area (Å²) in [6.45, 7) is 5.46. The minimum atomic E-state index is -0.178. The maximum Gasteiger partial charge on any atom is 0.233 e. The van der Waals surface area contributed by atoms with E-state index in [1.165, 1.54) is 5.56 Å². The van der Waals surface area contributed by atoms with Crippen LogP contribution in [-0.2, 0) is 17.9 Å². The second-order valence-electron chi connectivity index (χ2n) is 7.32. The summed E-state index contributed by atoms with van der Waals surface area (Å²) in [4.78, 5) is 15.0. The molecule has 1 saturated heterocycles. The van der Waals surface area contributed by atoms with Crippen molar-refractivity contribution in [1.29, 1.82) is 0 Å². The molecule has 1 fully saturated rings. The van der Waals surface area contributed by atoms with Crippen LogP contribution in [0.2, 0.25) is 0 Å². The van der Waals surface area contributed by atoms with E-state index in [2.05, 4.69) is 33.7 Å². The summed E-state index contributed by atoms with van der Waals surface area (Å²) in [7, 11) is 0. The topological polar surface area (TPSA) is 81.7 Å². The Morgan fingerprint density at radius 2 is 2.04 bits per heavy atom. The highest BCUT2D eigenvalue weighted by Gasteiger charge is 2.33. The molecule has 8 heteroatoms. The second-order valence-corrected chi connectivity index (χ2v) is 7.32. The molecule has 0 saturated carbocycles. The van der Waals surface area contributed by atoms with Crippen LogP contribution >= 0.6 is 0 Å². The van der Waals surface area contributed by atoms with E-state index in [1.807, 2.05) is 20.5 Å². The number of aryl methyl sites for hydroxylation is 2. The standard InChI is InChI=1S/C17H25N7O/c1-13-10-18-23(11-13)12-14-5-8-22(9-6-14)17(25)15-4-2-3-7-24-16(15)19-20-21-24/h10-11,14-15H,2-9,12H2,1H3. The number of carbonyl (C=O) groups is 1. The number of hydrogen-bond donors (Lipinski definition) is 0. The van der Waals surface area contributed by atoms with Crippen molar-refractivity contribution in [2.45, 2.75) is 58.0 Å². The van der Waals surface area contributed by atoms with E-state index in [1.54, 1.807) is 0 Å². The molecule has 0 aromatic carbocycles. The number of likely N-dealkylation sites (tertiary alicyclic amines) is 1. The van der Waals surface area contributed by atoms with Crippen molar-refractivity contribution in [1.82, 2.24) is 34.9 Å². The number of aromatic nitrogens is 6. The van der Waals surface area contributed by atoms with Gasteiger partial charge < -0.3 is 4.90 Å². The zero-order valence-electron chi connectivity index (χ0n) is 14.7. The molecule has 0 aliphatic carbocycles. The van der Waals surface area contributed by atoms with E-state index in [-0.39, 0.29) is 11.8 Å². The Kier molecular flexibility index (Phi) is 4.50. The fraction of sp³-hybridized carbons (Fsp3) is 0.706. The maximum absolute atomic E-state index is 13.0. The Labute approximate surface area is 147 Å². The van der Waals surface area contributed by atoms with E-state index >= 15 is 0 Å². The maximum atomic E-state index is 13.0. The smallest absolute Gasteiger partial charge is 0.233 e.